The van der Waals surface area contributed by atoms with Crippen LogP contribution in [0.3, 0.4) is 0 Å². The molecule has 6 nitrogen and oxygen atoms in total. The minimum atomic E-state index is -0.521. The molecule has 2 N–H and O–H groups in total. The van der Waals surface area contributed by atoms with Gasteiger partial charge in [-0.15, -0.1) is 0 Å². The third-order valence-corrected chi connectivity index (χ3v) is 3.38. The van der Waals surface area contributed by atoms with Crippen LogP contribution >= 0.6 is 0 Å². The molecule has 0 aromatic carbocycles. The van der Waals surface area contributed by atoms with Crippen molar-refractivity contribution in [2.45, 2.75) is 6.42 Å². The number of pyridine rings is 1. The van der Waals surface area contributed by atoms with Crippen LogP contribution in [0.25, 0.3) is 0 Å². The SMILES string of the molecule is CNc1ncc(F)cc1C(=O)NCCCN1CCOCC1. The standard InChI is InChI=1S/C14H21FN4O2/c1-16-13-12(9-11(15)10-18-13)14(20)17-3-2-4-19-5-7-21-8-6-19/h9-10H,2-8H2,1H3,(H,16,18)(H,17,20). The Balaban J connectivity index is 1.77. The topological polar surface area (TPSA) is 66.5 Å². The number of rotatable bonds is 6. The second-order valence-electron chi connectivity index (χ2n) is 4.86. The van der Waals surface area contributed by atoms with E-state index in [0.29, 0.717) is 12.4 Å². The summed E-state index contributed by atoms with van der Waals surface area (Å²) in [6.07, 6.45) is 1.93. The van der Waals surface area contributed by atoms with Crippen molar-refractivity contribution in [3.63, 3.8) is 0 Å². The summed E-state index contributed by atoms with van der Waals surface area (Å²) < 4.78 is 18.5. The second kappa shape index (κ2) is 7.90. The van der Waals surface area contributed by atoms with Gasteiger partial charge in [0.2, 0.25) is 0 Å². The Morgan fingerprint density at radius 2 is 2.24 bits per heavy atom. The van der Waals surface area contributed by atoms with Crippen molar-refractivity contribution >= 4 is 11.7 Å². The number of nitrogens with zero attached hydrogens (tertiary/aromatic N) is 2. The number of hydrogen-bond donors (Lipinski definition) is 2. The van der Waals surface area contributed by atoms with Crippen LogP contribution in [0.5, 0.6) is 0 Å². The summed E-state index contributed by atoms with van der Waals surface area (Å²) in [5.74, 6) is -0.456. The number of carbonyl (C=O) groups is 1. The molecule has 1 saturated heterocycles. The lowest BCUT2D eigenvalue weighted by Crippen LogP contribution is -2.38. The normalized spacial score (nSPS) is 15.7. The third kappa shape index (κ3) is 4.64. The van der Waals surface area contributed by atoms with Crippen molar-refractivity contribution in [3.8, 4) is 0 Å². The van der Waals surface area contributed by atoms with Crippen LogP contribution in [0, 0.1) is 5.82 Å². The Labute approximate surface area is 123 Å². The largest absolute Gasteiger partial charge is 0.379 e. The molecular formula is C14H21FN4O2. The summed E-state index contributed by atoms with van der Waals surface area (Å²) in [6.45, 7) is 4.89. The van der Waals surface area contributed by atoms with E-state index >= 15 is 0 Å². The van der Waals surface area contributed by atoms with E-state index in [4.69, 9.17) is 4.74 Å². The van der Waals surface area contributed by atoms with Crippen LogP contribution < -0.4 is 10.6 Å². The number of halogens is 1. The zero-order chi connectivity index (χ0) is 15.1. The van der Waals surface area contributed by atoms with Crippen LogP contribution in [-0.2, 0) is 4.74 Å². The van der Waals surface area contributed by atoms with E-state index in [9.17, 15) is 9.18 Å². The van der Waals surface area contributed by atoms with Gasteiger partial charge < -0.3 is 15.4 Å². The molecule has 2 rings (SSSR count). The van der Waals surface area contributed by atoms with Gasteiger partial charge >= 0.3 is 0 Å². The van der Waals surface area contributed by atoms with Crippen molar-refractivity contribution in [1.82, 2.24) is 15.2 Å². The first-order chi connectivity index (χ1) is 10.2. The molecule has 7 heteroatoms. The predicted molar refractivity (Wildman–Crippen MR) is 78.0 cm³/mol. The van der Waals surface area contributed by atoms with Gasteiger partial charge in [0.05, 0.1) is 25.0 Å². The van der Waals surface area contributed by atoms with Gasteiger partial charge in [-0.25, -0.2) is 9.37 Å². The number of morpholine rings is 1. The molecule has 1 fully saturated rings. The molecule has 21 heavy (non-hydrogen) atoms. The monoisotopic (exact) mass is 296 g/mol. The smallest absolute Gasteiger partial charge is 0.255 e. The van der Waals surface area contributed by atoms with Crippen molar-refractivity contribution in [3.05, 3.63) is 23.6 Å². The highest BCUT2D eigenvalue weighted by Gasteiger charge is 2.13. The van der Waals surface area contributed by atoms with Crippen molar-refractivity contribution in [2.24, 2.45) is 0 Å². The molecule has 0 radical (unpaired) electrons. The lowest BCUT2D eigenvalue weighted by Gasteiger charge is -2.26. The Morgan fingerprint density at radius 1 is 1.48 bits per heavy atom. The lowest BCUT2D eigenvalue weighted by molar-refractivity contribution is 0.0374. The van der Waals surface area contributed by atoms with Crippen molar-refractivity contribution < 1.29 is 13.9 Å². The minimum Gasteiger partial charge on any atom is -0.379 e. The third-order valence-electron chi connectivity index (χ3n) is 3.38. The fourth-order valence-electron chi connectivity index (χ4n) is 2.24. The molecule has 116 valence electrons. The molecule has 1 aromatic heterocycles. The van der Waals surface area contributed by atoms with E-state index in [2.05, 4.69) is 20.5 Å². The Kier molecular flexibility index (Phi) is 5.89. The van der Waals surface area contributed by atoms with E-state index in [1.165, 1.54) is 6.07 Å². The molecule has 0 spiro atoms. The molecule has 1 amide bonds. The van der Waals surface area contributed by atoms with Crippen molar-refractivity contribution in [1.29, 1.82) is 0 Å². The summed E-state index contributed by atoms with van der Waals surface area (Å²) in [6, 6.07) is 1.19. The molecule has 0 bridgehead atoms. The number of carbonyl (C=O) groups excluding carboxylic acids is 1. The number of aromatic nitrogens is 1. The van der Waals surface area contributed by atoms with Gasteiger partial charge in [0, 0.05) is 26.7 Å². The van der Waals surface area contributed by atoms with Gasteiger partial charge in [-0.05, 0) is 19.0 Å². The van der Waals surface area contributed by atoms with E-state index < -0.39 is 5.82 Å². The zero-order valence-electron chi connectivity index (χ0n) is 12.2. The van der Waals surface area contributed by atoms with Crippen LogP contribution in [-0.4, -0.2) is 62.2 Å². The summed E-state index contributed by atoms with van der Waals surface area (Å²) in [5, 5.41) is 5.58. The maximum absolute atomic E-state index is 13.2. The highest BCUT2D eigenvalue weighted by atomic mass is 19.1. The van der Waals surface area contributed by atoms with Gasteiger partial charge in [0.1, 0.15) is 11.6 Å². The summed E-state index contributed by atoms with van der Waals surface area (Å²) in [7, 11) is 1.65. The maximum atomic E-state index is 13.2. The average Bonchev–Trinajstić information content (AvgIpc) is 2.52. The van der Waals surface area contributed by atoms with Crippen LogP contribution in [0.15, 0.2) is 12.3 Å². The number of nitrogens with one attached hydrogen (secondary N) is 2. The fourth-order valence-corrected chi connectivity index (χ4v) is 2.24. The van der Waals surface area contributed by atoms with E-state index in [1.54, 1.807) is 7.05 Å². The first kappa shape index (κ1) is 15.7. The second-order valence-corrected chi connectivity index (χ2v) is 4.86. The van der Waals surface area contributed by atoms with Crippen LogP contribution in [0.2, 0.25) is 0 Å². The molecule has 0 aliphatic carbocycles. The first-order valence-electron chi connectivity index (χ1n) is 7.12. The molecule has 1 aromatic rings. The van der Waals surface area contributed by atoms with Gasteiger partial charge in [-0.2, -0.15) is 0 Å². The average molecular weight is 296 g/mol. The van der Waals surface area contributed by atoms with Gasteiger partial charge in [0.15, 0.2) is 0 Å². The fraction of sp³-hybridized carbons (Fsp3) is 0.571. The van der Waals surface area contributed by atoms with Crippen LogP contribution in [0.4, 0.5) is 10.2 Å². The zero-order valence-corrected chi connectivity index (χ0v) is 12.2. The first-order valence-corrected chi connectivity index (χ1v) is 7.12. The van der Waals surface area contributed by atoms with E-state index in [0.717, 1.165) is 45.5 Å². The molecule has 0 saturated carbocycles. The van der Waals surface area contributed by atoms with E-state index in [1.807, 2.05) is 0 Å². The summed E-state index contributed by atoms with van der Waals surface area (Å²) >= 11 is 0. The molecule has 2 heterocycles. The molecule has 0 atom stereocenters. The van der Waals surface area contributed by atoms with Gasteiger partial charge in [0.25, 0.3) is 5.91 Å². The number of hydrogen-bond acceptors (Lipinski definition) is 5. The highest BCUT2D eigenvalue weighted by molar-refractivity contribution is 5.98. The number of amides is 1. The Bertz CT molecular complexity index is 478. The predicted octanol–water partition coefficient (Wildman–Crippen LogP) is 0.714. The summed E-state index contributed by atoms with van der Waals surface area (Å²) in [5.41, 5.74) is 0.226. The van der Waals surface area contributed by atoms with Gasteiger partial charge in [-0.1, -0.05) is 0 Å². The Morgan fingerprint density at radius 3 is 2.95 bits per heavy atom. The highest BCUT2D eigenvalue weighted by Crippen LogP contribution is 2.12. The molecular weight excluding hydrogens is 275 g/mol. The maximum Gasteiger partial charge on any atom is 0.255 e. The minimum absolute atomic E-state index is 0.226. The number of anilines is 1. The Hall–Kier alpha value is -1.73. The quantitative estimate of drug-likeness (QED) is 0.757. The van der Waals surface area contributed by atoms with Crippen LogP contribution in [0.1, 0.15) is 16.8 Å². The summed E-state index contributed by atoms with van der Waals surface area (Å²) in [4.78, 5) is 18.2. The van der Waals surface area contributed by atoms with Crippen molar-refractivity contribution in [2.75, 3.05) is 51.8 Å². The van der Waals surface area contributed by atoms with E-state index in [-0.39, 0.29) is 11.5 Å². The molecule has 1 aliphatic rings. The van der Waals surface area contributed by atoms with Gasteiger partial charge in [-0.3, -0.25) is 9.69 Å². The molecule has 0 unspecified atom stereocenters. The molecule has 1 aliphatic heterocycles. The number of ether oxygens (including phenoxy) is 1. The lowest BCUT2D eigenvalue weighted by atomic mass is 10.2.